The molecule has 1 heterocycles. The van der Waals surface area contributed by atoms with Crippen molar-refractivity contribution in [3.05, 3.63) is 45.6 Å². The number of rotatable bonds is 2. The number of non-ortho nitro benzene ring substituents is 1. The lowest BCUT2D eigenvalue weighted by Crippen LogP contribution is -2.18. The van der Waals surface area contributed by atoms with Crippen molar-refractivity contribution in [1.29, 1.82) is 0 Å². The van der Waals surface area contributed by atoms with E-state index in [0.717, 1.165) is 0 Å². The van der Waals surface area contributed by atoms with Crippen molar-refractivity contribution in [2.75, 3.05) is 7.05 Å². The summed E-state index contributed by atoms with van der Waals surface area (Å²) in [5.41, 5.74) is 1.59. The number of pyridine rings is 1. The maximum Gasteiger partial charge on any atom is 0.270 e. The van der Waals surface area contributed by atoms with Crippen LogP contribution in [0.15, 0.2) is 24.3 Å². The van der Waals surface area contributed by atoms with Crippen LogP contribution < -0.4 is 5.32 Å². The molecule has 6 nitrogen and oxygen atoms in total. The average molecular weight is 245 g/mol. The van der Waals surface area contributed by atoms with Crippen LogP contribution in [0.2, 0.25) is 0 Å². The summed E-state index contributed by atoms with van der Waals surface area (Å²) in [4.78, 5) is 26.3. The molecule has 92 valence electrons. The van der Waals surface area contributed by atoms with Gasteiger partial charge in [0.05, 0.1) is 16.0 Å². The highest BCUT2D eigenvalue weighted by Crippen LogP contribution is 2.23. The Balaban J connectivity index is 2.77. The van der Waals surface area contributed by atoms with E-state index < -0.39 is 4.92 Å². The molecule has 0 radical (unpaired) electrons. The molecule has 1 amide bonds. The molecule has 0 atom stereocenters. The molecule has 2 aromatic rings. The van der Waals surface area contributed by atoms with Crippen LogP contribution in [0, 0.1) is 17.0 Å². The summed E-state index contributed by atoms with van der Waals surface area (Å²) in [6.45, 7) is 1.77. The summed E-state index contributed by atoms with van der Waals surface area (Å²) in [7, 11) is 1.52. The molecule has 2 rings (SSSR count). The Bertz CT molecular complexity index is 652. The molecule has 0 saturated carbocycles. The minimum absolute atomic E-state index is 0.0571. The number of aryl methyl sites for hydroxylation is 1. The second-order valence-electron chi connectivity index (χ2n) is 3.85. The first kappa shape index (κ1) is 12.0. The predicted octanol–water partition coefficient (Wildman–Crippen LogP) is 1.81. The molecule has 0 bridgehead atoms. The van der Waals surface area contributed by atoms with Crippen molar-refractivity contribution in [3.8, 4) is 0 Å². The molecule has 0 aliphatic carbocycles. The van der Waals surface area contributed by atoms with Gasteiger partial charge in [0.1, 0.15) is 0 Å². The third kappa shape index (κ3) is 2.00. The van der Waals surface area contributed by atoms with Crippen LogP contribution in [-0.2, 0) is 0 Å². The molecule has 0 aliphatic rings. The van der Waals surface area contributed by atoms with E-state index in [1.807, 2.05) is 0 Å². The van der Waals surface area contributed by atoms with E-state index in [9.17, 15) is 14.9 Å². The average Bonchev–Trinajstić information content (AvgIpc) is 2.36. The first-order valence-electron chi connectivity index (χ1n) is 5.31. The van der Waals surface area contributed by atoms with E-state index in [2.05, 4.69) is 10.3 Å². The van der Waals surface area contributed by atoms with Gasteiger partial charge in [0.2, 0.25) is 0 Å². The molecular weight excluding hydrogens is 234 g/mol. The number of nitrogens with one attached hydrogen (secondary N) is 1. The molecular formula is C12H11N3O3. The van der Waals surface area contributed by atoms with Crippen molar-refractivity contribution in [2.24, 2.45) is 0 Å². The summed E-state index contributed by atoms with van der Waals surface area (Å²) in [6.07, 6.45) is 0. The Kier molecular flexibility index (Phi) is 2.93. The van der Waals surface area contributed by atoms with Gasteiger partial charge in [-0.05, 0) is 19.1 Å². The molecule has 0 aliphatic heterocycles. The molecule has 0 saturated heterocycles. The van der Waals surface area contributed by atoms with Crippen LogP contribution in [0.25, 0.3) is 10.9 Å². The molecule has 0 fully saturated rings. The first-order valence-corrected chi connectivity index (χ1v) is 5.31. The van der Waals surface area contributed by atoms with Crippen LogP contribution in [0.4, 0.5) is 5.69 Å². The number of hydrogen-bond acceptors (Lipinski definition) is 4. The molecule has 0 spiro atoms. The first-order chi connectivity index (χ1) is 8.52. The van der Waals surface area contributed by atoms with E-state index in [1.165, 1.54) is 19.2 Å². The van der Waals surface area contributed by atoms with Crippen molar-refractivity contribution in [3.63, 3.8) is 0 Å². The predicted molar refractivity (Wildman–Crippen MR) is 66.5 cm³/mol. The van der Waals surface area contributed by atoms with Gasteiger partial charge in [-0.25, -0.2) is 0 Å². The lowest BCUT2D eigenvalue weighted by atomic mass is 10.1. The van der Waals surface area contributed by atoms with Crippen LogP contribution in [0.3, 0.4) is 0 Å². The quantitative estimate of drug-likeness (QED) is 0.645. The van der Waals surface area contributed by atoms with Crippen molar-refractivity contribution in [2.45, 2.75) is 6.92 Å². The van der Waals surface area contributed by atoms with Gasteiger partial charge in [0.15, 0.2) is 0 Å². The van der Waals surface area contributed by atoms with Crippen LogP contribution in [-0.4, -0.2) is 22.9 Å². The smallest absolute Gasteiger partial charge is 0.270 e. The Morgan fingerprint density at radius 2 is 2.11 bits per heavy atom. The minimum Gasteiger partial charge on any atom is -0.355 e. The number of fused-ring (bicyclic) bond motifs is 1. The minimum atomic E-state index is -0.493. The molecule has 6 heteroatoms. The van der Waals surface area contributed by atoms with Crippen molar-refractivity contribution >= 4 is 22.5 Å². The second kappa shape index (κ2) is 4.40. The van der Waals surface area contributed by atoms with Gasteiger partial charge >= 0.3 is 0 Å². The number of nitrogens with zero attached hydrogens (tertiary/aromatic N) is 2. The zero-order valence-corrected chi connectivity index (χ0v) is 9.93. The Labute approximate surface area is 103 Å². The highest BCUT2D eigenvalue weighted by Gasteiger charge is 2.14. The fraction of sp³-hybridized carbons (Fsp3) is 0.167. The van der Waals surface area contributed by atoms with Gasteiger partial charge in [0, 0.05) is 30.3 Å². The van der Waals surface area contributed by atoms with Crippen LogP contribution >= 0.6 is 0 Å². The van der Waals surface area contributed by atoms with Gasteiger partial charge < -0.3 is 5.32 Å². The zero-order chi connectivity index (χ0) is 13.3. The van der Waals surface area contributed by atoms with E-state index in [0.29, 0.717) is 22.2 Å². The monoisotopic (exact) mass is 245 g/mol. The second-order valence-corrected chi connectivity index (χ2v) is 3.85. The third-order valence-corrected chi connectivity index (χ3v) is 2.60. The van der Waals surface area contributed by atoms with Crippen molar-refractivity contribution in [1.82, 2.24) is 10.3 Å². The number of hydrogen-bond donors (Lipinski definition) is 1. The summed E-state index contributed by atoms with van der Waals surface area (Å²) < 4.78 is 0. The van der Waals surface area contributed by atoms with Crippen molar-refractivity contribution < 1.29 is 9.72 Å². The van der Waals surface area contributed by atoms with Gasteiger partial charge in [-0.3, -0.25) is 19.9 Å². The van der Waals surface area contributed by atoms with Gasteiger partial charge in [0.25, 0.3) is 11.6 Å². The highest BCUT2D eigenvalue weighted by molar-refractivity contribution is 6.06. The summed E-state index contributed by atoms with van der Waals surface area (Å²) in [5, 5.41) is 13.7. The molecule has 0 unspecified atom stereocenters. The van der Waals surface area contributed by atoms with E-state index in [1.54, 1.807) is 19.1 Å². The van der Waals surface area contributed by atoms with E-state index in [4.69, 9.17) is 0 Å². The number of carbonyl (C=O) groups is 1. The standard InChI is InChI=1S/C12H11N3O3/c1-7-5-10(12(16)13-2)9-6-8(15(17)18)3-4-11(9)14-7/h3-6H,1-2H3,(H,13,16). The Hall–Kier alpha value is -2.50. The normalized spacial score (nSPS) is 10.3. The van der Waals surface area contributed by atoms with E-state index >= 15 is 0 Å². The fourth-order valence-corrected chi connectivity index (χ4v) is 1.78. The number of carbonyl (C=O) groups excluding carboxylic acids is 1. The van der Waals surface area contributed by atoms with Crippen LogP contribution in [0.5, 0.6) is 0 Å². The lowest BCUT2D eigenvalue weighted by molar-refractivity contribution is -0.384. The Morgan fingerprint density at radius 1 is 1.39 bits per heavy atom. The highest BCUT2D eigenvalue weighted by atomic mass is 16.6. The SMILES string of the molecule is CNC(=O)c1cc(C)nc2ccc([N+](=O)[O-])cc12. The maximum absolute atomic E-state index is 11.8. The number of amides is 1. The van der Waals surface area contributed by atoms with Gasteiger partial charge in [-0.15, -0.1) is 0 Å². The number of aromatic nitrogens is 1. The zero-order valence-electron chi connectivity index (χ0n) is 9.93. The van der Waals surface area contributed by atoms with Gasteiger partial charge in [-0.1, -0.05) is 0 Å². The largest absolute Gasteiger partial charge is 0.355 e. The number of nitro benzene ring substituents is 1. The third-order valence-electron chi connectivity index (χ3n) is 2.60. The molecule has 1 N–H and O–H groups in total. The number of benzene rings is 1. The fourth-order valence-electron chi connectivity index (χ4n) is 1.78. The maximum atomic E-state index is 11.8. The summed E-state index contributed by atoms with van der Waals surface area (Å²) in [6, 6.07) is 5.91. The Morgan fingerprint density at radius 3 is 2.72 bits per heavy atom. The summed E-state index contributed by atoms with van der Waals surface area (Å²) >= 11 is 0. The molecule has 18 heavy (non-hydrogen) atoms. The van der Waals surface area contributed by atoms with Gasteiger partial charge in [-0.2, -0.15) is 0 Å². The summed E-state index contributed by atoms with van der Waals surface area (Å²) in [5.74, 6) is -0.286. The topological polar surface area (TPSA) is 85.1 Å². The number of nitro groups is 1. The van der Waals surface area contributed by atoms with Crippen LogP contribution in [0.1, 0.15) is 16.1 Å². The van der Waals surface area contributed by atoms with E-state index in [-0.39, 0.29) is 11.6 Å². The molecule has 1 aromatic carbocycles. The molecule has 1 aromatic heterocycles. The lowest BCUT2D eigenvalue weighted by Gasteiger charge is -2.06.